The Bertz CT molecular complexity index is 1730. The Labute approximate surface area is 284 Å². The zero-order valence-corrected chi connectivity index (χ0v) is 28.9. The van der Waals surface area contributed by atoms with Crippen molar-refractivity contribution in [3.8, 4) is 0 Å². The molecule has 2 saturated heterocycles. The number of hydrogen-bond acceptors (Lipinski definition) is 8. The molecule has 0 saturated carbocycles. The summed E-state index contributed by atoms with van der Waals surface area (Å²) >= 11 is 0. The second-order valence-corrected chi connectivity index (χ2v) is 14.9. The number of carbonyl (C=O) groups excluding carboxylic acids is 2. The molecular weight excluding hydrogens is 639 g/mol. The van der Waals surface area contributed by atoms with E-state index in [0.29, 0.717) is 43.4 Å². The van der Waals surface area contributed by atoms with Gasteiger partial charge in [0.05, 0.1) is 37.6 Å². The number of nitrogens with zero attached hydrogens (tertiary/aromatic N) is 7. The molecule has 0 spiro atoms. The van der Waals surface area contributed by atoms with E-state index in [-0.39, 0.29) is 30.0 Å². The van der Waals surface area contributed by atoms with Gasteiger partial charge in [-0.15, -0.1) is 10.2 Å². The molecule has 2 amide bonds. The molecule has 0 N–H and O–H groups in total. The lowest BCUT2D eigenvalue weighted by molar-refractivity contribution is -0.138. The van der Waals surface area contributed by atoms with Crippen molar-refractivity contribution in [2.75, 3.05) is 38.3 Å². The largest absolute Gasteiger partial charge is 0.444 e. The number of carbonyl (C=O) groups is 2. The summed E-state index contributed by atoms with van der Waals surface area (Å²) in [5.74, 6) is 0.847. The van der Waals surface area contributed by atoms with Gasteiger partial charge in [-0.1, -0.05) is 6.92 Å². The normalized spacial score (nSPS) is 19.5. The maximum atomic E-state index is 14.6. The highest BCUT2D eigenvalue weighted by Gasteiger charge is 2.44. The van der Waals surface area contributed by atoms with Gasteiger partial charge < -0.3 is 18.9 Å². The van der Waals surface area contributed by atoms with Gasteiger partial charge in [-0.05, 0) is 87.0 Å². The van der Waals surface area contributed by atoms with Crippen LogP contribution in [0.3, 0.4) is 0 Å². The molecule has 1 atom stereocenters. The van der Waals surface area contributed by atoms with Gasteiger partial charge in [-0.25, -0.2) is 9.78 Å². The van der Waals surface area contributed by atoms with Crippen LogP contribution in [0.1, 0.15) is 84.7 Å². The number of amides is 2. The van der Waals surface area contributed by atoms with Crippen LogP contribution in [0.25, 0.3) is 0 Å². The van der Waals surface area contributed by atoms with Crippen molar-refractivity contribution in [1.82, 2.24) is 29.5 Å². The fourth-order valence-electron chi connectivity index (χ4n) is 6.92. The highest BCUT2D eigenvalue weighted by molar-refractivity contribution is 6.10. The number of halogens is 3. The zero-order chi connectivity index (χ0) is 35.3. The average Bonchev–Trinajstić information content (AvgIpc) is 3.54. The minimum Gasteiger partial charge on any atom is -0.444 e. The summed E-state index contributed by atoms with van der Waals surface area (Å²) in [6.45, 7) is 9.87. The van der Waals surface area contributed by atoms with E-state index in [9.17, 15) is 22.8 Å². The molecule has 0 radical (unpaired) electrons. The number of hydrogen-bond donors (Lipinski definition) is 0. The second-order valence-electron chi connectivity index (χ2n) is 14.9. The first-order chi connectivity index (χ1) is 23.0. The average molecular weight is 684 g/mol. The fourth-order valence-corrected chi connectivity index (χ4v) is 6.92. The minimum atomic E-state index is -4.65. The molecule has 2 fully saturated rings. The van der Waals surface area contributed by atoms with E-state index in [4.69, 9.17) is 14.5 Å². The number of ether oxygens (including phenoxy) is 2. The van der Waals surface area contributed by atoms with Crippen molar-refractivity contribution in [3.05, 3.63) is 69.9 Å². The van der Waals surface area contributed by atoms with E-state index < -0.39 is 34.8 Å². The molecule has 11 nitrogen and oxygen atoms in total. The minimum absolute atomic E-state index is 0.0373. The van der Waals surface area contributed by atoms with Crippen LogP contribution < -0.4 is 4.90 Å². The van der Waals surface area contributed by atoms with E-state index in [2.05, 4.69) is 22.0 Å². The van der Waals surface area contributed by atoms with Crippen molar-refractivity contribution in [3.63, 3.8) is 0 Å². The van der Waals surface area contributed by atoms with Crippen LogP contribution in [0.2, 0.25) is 0 Å². The number of fused-ring (bicyclic) bond motifs is 1. The van der Waals surface area contributed by atoms with E-state index >= 15 is 0 Å². The summed E-state index contributed by atoms with van der Waals surface area (Å²) in [6, 6.07) is 6.42. The summed E-state index contributed by atoms with van der Waals surface area (Å²) in [5.41, 5.74) is -0.403. The Kier molecular flexibility index (Phi) is 9.24. The van der Waals surface area contributed by atoms with E-state index in [1.165, 1.54) is 15.9 Å². The lowest BCUT2D eigenvalue weighted by Gasteiger charge is -2.42. The summed E-state index contributed by atoms with van der Waals surface area (Å²) in [5, 5.41) is 8.27. The number of rotatable bonds is 8. The first-order valence-corrected chi connectivity index (χ1v) is 16.6. The quantitative estimate of drug-likeness (QED) is 0.307. The second kappa shape index (κ2) is 13.0. The fraction of sp³-hybridized carbons (Fsp3) is 0.571. The number of pyridine rings is 1. The third-order valence-electron chi connectivity index (χ3n) is 9.47. The molecule has 49 heavy (non-hydrogen) atoms. The van der Waals surface area contributed by atoms with Crippen molar-refractivity contribution in [1.29, 1.82) is 0 Å². The molecule has 3 aromatic rings. The number of benzene rings is 1. The number of likely N-dealkylation sites (tertiary alicyclic amines) is 1. The summed E-state index contributed by atoms with van der Waals surface area (Å²) < 4.78 is 56.8. The zero-order valence-electron chi connectivity index (χ0n) is 28.9. The Morgan fingerprint density at radius 3 is 2.53 bits per heavy atom. The number of piperidine rings is 1. The molecule has 0 unspecified atom stereocenters. The van der Waals surface area contributed by atoms with Crippen LogP contribution in [0.15, 0.2) is 30.6 Å². The highest BCUT2D eigenvalue weighted by Crippen LogP contribution is 2.42. The highest BCUT2D eigenvalue weighted by atomic mass is 19.4. The monoisotopic (exact) mass is 683 g/mol. The van der Waals surface area contributed by atoms with Gasteiger partial charge >= 0.3 is 12.3 Å². The van der Waals surface area contributed by atoms with Crippen LogP contribution in [0.4, 0.5) is 23.8 Å². The number of aromatic nitrogens is 4. The molecule has 3 aliphatic rings. The SMILES string of the molecule is C[C@H]1CCCN(Cc2cc3c(c(C(F)(F)F)c2)CN(c2cc(C4(Cc5nncn5C)COC4)cc(CN(C)C(=O)OC(C)(C)C)n2)C3=O)C1. The van der Waals surface area contributed by atoms with Crippen molar-refractivity contribution >= 4 is 17.8 Å². The van der Waals surface area contributed by atoms with Gasteiger partial charge in [0.2, 0.25) is 0 Å². The number of anilines is 1. The molecule has 1 aromatic carbocycles. The van der Waals surface area contributed by atoms with Crippen molar-refractivity contribution in [2.45, 2.75) is 83.8 Å². The lowest BCUT2D eigenvalue weighted by Crippen LogP contribution is -2.49. The van der Waals surface area contributed by atoms with E-state index in [0.717, 1.165) is 37.3 Å². The molecule has 0 bridgehead atoms. The molecule has 14 heteroatoms. The third kappa shape index (κ3) is 7.45. The van der Waals surface area contributed by atoms with Gasteiger partial charge in [-0.2, -0.15) is 13.2 Å². The number of aryl methyl sites for hydroxylation is 1. The van der Waals surface area contributed by atoms with Gasteiger partial charge in [0.1, 0.15) is 23.6 Å². The van der Waals surface area contributed by atoms with Crippen LogP contribution in [-0.4, -0.2) is 80.5 Å². The van der Waals surface area contributed by atoms with Crippen molar-refractivity contribution in [2.24, 2.45) is 13.0 Å². The third-order valence-corrected chi connectivity index (χ3v) is 9.47. The topological polar surface area (TPSA) is 106 Å². The first kappa shape index (κ1) is 34.8. The first-order valence-electron chi connectivity index (χ1n) is 16.6. The maximum absolute atomic E-state index is 14.6. The van der Waals surface area contributed by atoms with Gasteiger partial charge in [0.25, 0.3) is 5.91 Å². The smallest absolute Gasteiger partial charge is 0.416 e. The lowest BCUT2D eigenvalue weighted by atomic mass is 9.75. The summed E-state index contributed by atoms with van der Waals surface area (Å²) in [7, 11) is 3.43. The molecule has 264 valence electrons. The van der Waals surface area contributed by atoms with Crippen molar-refractivity contribution < 1.29 is 32.2 Å². The Morgan fingerprint density at radius 2 is 1.92 bits per heavy atom. The molecule has 3 aliphatic heterocycles. The van der Waals surface area contributed by atoms with Gasteiger partial charge in [0, 0.05) is 44.6 Å². The molecule has 2 aromatic heterocycles. The Balaban J connectivity index is 1.38. The Hall–Kier alpha value is -4.04. The van der Waals surface area contributed by atoms with Crippen LogP contribution in [0, 0.1) is 5.92 Å². The van der Waals surface area contributed by atoms with Gasteiger partial charge in [-0.3, -0.25) is 14.6 Å². The van der Waals surface area contributed by atoms with Crippen LogP contribution >= 0.6 is 0 Å². The van der Waals surface area contributed by atoms with E-state index in [1.54, 1.807) is 46.3 Å². The summed E-state index contributed by atoms with van der Waals surface area (Å²) in [6.07, 6.45) is -1.04. The van der Waals surface area contributed by atoms with Gasteiger partial charge in [0.15, 0.2) is 0 Å². The Morgan fingerprint density at radius 1 is 1.16 bits per heavy atom. The number of alkyl halides is 3. The molecular formula is C35H44F3N7O4. The molecule has 5 heterocycles. The molecule has 6 rings (SSSR count). The summed E-state index contributed by atoms with van der Waals surface area (Å²) in [4.78, 5) is 36.6. The predicted molar refractivity (Wildman–Crippen MR) is 175 cm³/mol. The standard InChI is InChI=1S/C35H44F3N7O4/c1-22-8-7-9-44(15-22)16-23-10-26-27(28(11-23)35(36,37)38)18-45(31(26)46)29-13-24(34(19-48-20-34)14-30-41-39-21-43(30)6)12-25(40-29)17-42(5)32(47)49-33(2,3)4/h10-13,21-22H,7-9,14-20H2,1-6H3/t22-/m0/s1. The predicted octanol–water partition coefficient (Wildman–Crippen LogP) is 5.50. The van der Waals surface area contributed by atoms with Crippen LogP contribution in [0.5, 0.6) is 0 Å². The van der Waals surface area contributed by atoms with E-state index in [1.807, 2.05) is 17.7 Å². The maximum Gasteiger partial charge on any atom is 0.416 e. The van der Waals surface area contributed by atoms with Crippen LogP contribution in [-0.2, 0) is 54.2 Å². The molecule has 0 aliphatic carbocycles.